The van der Waals surface area contributed by atoms with Crippen molar-refractivity contribution in [3.05, 3.63) is 70.1 Å². The van der Waals surface area contributed by atoms with Crippen LogP contribution in [0, 0.1) is 6.92 Å². The maximum absolute atomic E-state index is 12.4. The fraction of sp³-hybridized carbons (Fsp3) is 0.250. The number of nitrogens with one attached hydrogen (secondary N) is 1. The number of hydrogen-bond acceptors (Lipinski definition) is 5. The van der Waals surface area contributed by atoms with Crippen LogP contribution in [0.3, 0.4) is 0 Å². The maximum atomic E-state index is 12.4. The first-order valence-corrected chi connectivity index (χ1v) is 11.1. The van der Waals surface area contributed by atoms with Gasteiger partial charge in [0.1, 0.15) is 0 Å². The van der Waals surface area contributed by atoms with Gasteiger partial charge in [-0.2, -0.15) is 0 Å². The first kappa shape index (κ1) is 20.9. The van der Waals surface area contributed by atoms with E-state index in [0.717, 1.165) is 33.9 Å². The van der Waals surface area contributed by atoms with Crippen LogP contribution in [-0.4, -0.2) is 34.2 Å². The summed E-state index contributed by atoms with van der Waals surface area (Å²) in [6.45, 7) is 4.16. The van der Waals surface area contributed by atoms with Crippen LogP contribution >= 0.6 is 11.3 Å². The molecule has 0 radical (unpaired) electrons. The molecular weight excluding hydrogens is 410 g/mol. The van der Waals surface area contributed by atoms with Gasteiger partial charge in [0, 0.05) is 23.4 Å². The molecular formula is C24H23N3O3S. The third-order valence-electron chi connectivity index (χ3n) is 5.25. The largest absolute Gasteiger partial charge is 0.302 e. The van der Waals surface area contributed by atoms with Crippen LogP contribution in [0.25, 0.3) is 11.3 Å². The number of aromatic nitrogens is 1. The Bertz CT molecular complexity index is 1120. The molecule has 3 aromatic rings. The Morgan fingerprint density at radius 2 is 1.68 bits per heavy atom. The second kappa shape index (κ2) is 8.81. The average Bonchev–Trinajstić information content (AvgIpc) is 3.24. The monoisotopic (exact) mass is 433 g/mol. The molecule has 6 nitrogen and oxygen atoms in total. The van der Waals surface area contributed by atoms with Gasteiger partial charge in [-0.05, 0) is 31.0 Å². The summed E-state index contributed by atoms with van der Waals surface area (Å²) in [4.78, 5) is 44.0. The molecule has 2 aromatic carbocycles. The number of carbonyl (C=O) groups excluding carboxylic acids is 3. The smallest absolute Gasteiger partial charge is 0.261 e. The third kappa shape index (κ3) is 4.27. The summed E-state index contributed by atoms with van der Waals surface area (Å²) in [5, 5.41) is 3.31. The number of fused-ring (bicyclic) bond motifs is 1. The van der Waals surface area contributed by atoms with Gasteiger partial charge < -0.3 is 5.32 Å². The van der Waals surface area contributed by atoms with Gasteiger partial charge in [-0.15, -0.1) is 11.3 Å². The Morgan fingerprint density at radius 1 is 1.03 bits per heavy atom. The summed E-state index contributed by atoms with van der Waals surface area (Å²) < 4.78 is 0. The molecule has 31 heavy (non-hydrogen) atoms. The molecule has 0 fully saturated rings. The second-order valence-electron chi connectivity index (χ2n) is 7.48. The van der Waals surface area contributed by atoms with E-state index < -0.39 is 0 Å². The van der Waals surface area contributed by atoms with Crippen LogP contribution < -0.4 is 5.32 Å². The Balaban J connectivity index is 1.38. The Hall–Kier alpha value is -3.32. The molecule has 1 N–H and O–H groups in total. The number of amides is 3. The molecule has 0 unspecified atom stereocenters. The second-order valence-corrected chi connectivity index (χ2v) is 8.68. The van der Waals surface area contributed by atoms with Crippen molar-refractivity contribution in [2.45, 2.75) is 33.1 Å². The lowest BCUT2D eigenvalue weighted by molar-refractivity contribution is -0.116. The van der Waals surface area contributed by atoms with Gasteiger partial charge in [0.05, 0.1) is 16.8 Å². The molecule has 0 bridgehead atoms. The van der Waals surface area contributed by atoms with E-state index in [0.29, 0.717) is 16.3 Å². The van der Waals surface area contributed by atoms with E-state index in [4.69, 9.17) is 0 Å². The average molecular weight is 434 g/mol. The summed E-state index contributed by atoms with van der Waals surface area (Å²) in [6.07, 6.45) is 2.17. The van der Waals surface area contributed by atoms with Crippen LogP contribution in [0.15, 0.2) is 48.5 Å². The van der Waals surface area contributed by atoms with Gasteiger partial charge in [0.15, 0.2) is 5.13 Å². The topological polar surface area (TPSA) is 79.4 Å². The van der Waals surface area contributed by atoms with Crippen molar-refractivity contribution in [3.63, 3.8) is 0 Å². The molecule has 1 aromatic heterocycles. The molecule has 0 saturated carbocycles. The molecule has 0 saturated heterocycles. The molecule has 0 atom stereocenters. The number of imide groups is 1. The number of aryl methyl sites for hydroxylation is 2. The summed E-state index contributed by atoms with van der Waals surface area (Å²) in [6, 6.07) is 15.0. The van der Waals surface area contributed by atoms with Crippen molar-refractivity contribution in [1.29, 1.82) is 0 Å². The van der Waals surface area contributed by atoms with E-state index in [2.05, 4.69) is 41.5 Å². The molecule has 7 heteroatoms. The van der Waals surface area contributed by atoms with Crippen molar-refractivity contribution in [1.82, 2.24) is 9.88 Å². The van der Waals surface area contributed by atoms with E-state index in [1.54, 1.807) is 24.3 Å². The van der Waals surface area contributed by atoms with Gasteiger partial charge in [0.25, 0.3) is 11.8 Å². The zero-order valence-corrected chi connectivity index (χ0v) is 18.3. The normalized spacial score (nSPS) is 12.9. The molecule has 0 aliphatic carbocycles. The van der Waals surface area contributed by atoms with Gasteiger partial charge in [-0.1, -0.05) is 49.7 Å². The van der Waals surface area contributed by atoms with Crippen molar-refractivity contribution < 1.29 is 14.4 Å². The minimum atomic E-state index is -0.354. The number of benzene rings is 2. The number of thiazole rings is 1. The predicted octanol–water partition coefficient (Wildman–Crippen LogP) is 4.70. The first-order valence-electron chi connectivity index (χ1n) is 10.3. The highest BCUT2D eigenvalue weighted by Crippen LogP contribution is 2.31. The Kier molecular flexibility index (Phi) is 5.95. The number of anilines is 1. The fourth-order valence-electron chi connectivity index (χ4n) is 3.67. The molecule has 1 aliphatic rings. The van der Waals surface area contributed by atoms with Gasteiger partial charge in [-0.25, -0.2) is 4.98 Å². The van der Waals surface area contributed by atoms with Gasteiger partial charge >= 0.3 is 0 Å². The van der Waals surface area contributed by atoms with E-state index >= 15 is 0 Å². The minimum Gasteiger partial charge on any atom is -0.302 e. The zero-order valence-electron chi connectivity index (χ0n) is 17.5. The minimum absolute atomic E-state index is 0.0190. The van der Waals surface area contributed by atoms with Crippen LogP contribution in [0.1, 0.15) is 50.9 Å². The van der Waals surface area contributed by atoms with Crippen molar-refractivity contribution in [2.24, 2.45) is 0 Å². The summed E-state index contributed by atoms with van der Waals surface area (Å²) in [5.41, 5.74) is 3.93. The number of rotatable bonds is 7. The fourth-order valence-corrected chi connectivity index (χ4v) is 4.53. The number of nitrogens with zero attached hydrogens (tertiary/aromatic N) is 2. The molecule has 1 aliphatic heterocycles. The predicted molar refractivity (Wildman–Crippen MR) is 121 cm³/mol. The lowest BCUT2D eigenvalue weighted by Gasteiger charge is -2.12. The Morgan fingerprint density at radius 3 is 2.29 bits per heavy atom. The van der Waals surface area contributed by atoms with Crippen molar-refractivity contribution in [2.75, 3.05) is 11.9 Å². The highest BCUT2D eigenvalue weighted by atomic mass is 32.1. The highest BCUT2D eigenvalue weighted by molar-refractivity contribution is 7.16. The van der Waals surface area contributed by atoms with Crippen LogP contribution in [0.4, 0.5) is 5.13 Å². The molecule has 2 heterocycles. The van der Waals surface area contributed by atoms with Crippen LogP contribution in [0.5, 0.6) is 0 Å². The summed E-state index contributed by atoms with van der Waals surface area (Å²) >= 11 is 1.41. The standard InChI is InChI=1S/C24H23N3O3S/c1-3-6-16-9-11-17(12-10-16)21-15(2)31-24(26-21)25-20(28)13-14-27-22(29)18-7-4-5-8-19(18)23(27)30/h4-5,7-12H,3,6,13-14H2,1-2H3,(H,25,26,28). The van der Waals surface area contributed by atoms with Gasteiger partial charge in [-0.3, -0.25) is 19.3 Å². The Labute approximate surface area is 184 Å². The van der Waals surface area contributed by atoms with Crippen molar-refractivity contribution >= 4 is 34.2 Å². The van der Waals surface area contributed by atoms with E-state index in [-0.39, 0.29) is 30.7 Å². The third-order valence-corrected chi connectivity index (χ3v) is 6.14. The molecule has 3 amide bonds. The summed E-state index contributed by atoms with van der Waals surface area (Å²) in [5.74, 6) is -0.991. The lowest BCUT2D eigenvalue weighted by Crippen LogP contribution is -2.32. The number of hydrogen-bond donors (Lipinski definition) is 1. The quantitative estimate of drug-likeness (QED) is 0.548. The summed E-state index contributed by atoms with van der Waals surface area (Å²) in [7, 11) is 0. The van der Waals surface area contributed by atoms with E-state index in [9.17, 15) is 14.4 Å². The van der Waals surface area contributed by atoms with Crippen LogP contribution in [0.2, 0.25) is 0 Å². The molecule has 4 rings (SSSR count). The van der Waals surface area contributed by atoms with Gasteiger partial charge in [0.2, 0.25) is 5.91 Å². The van der Waals surface area contributed by atoms with Crippen molar-refractivity contribution in [3.8, 4) is 11.3 Å². The zero-order chi connectivity index (χ0) is 22.0. The highest BCUT2D eigenvalue weighted by Gasteiger charge is 2.35. The maximum Gasteiger partial charge on any atom is 0.261 e. The SMILES string of the molecule is CCCc1ccc(-c2nc(NC(=O)CCN3C(=O)c4ccccc4C3=O)sc2C)cc1. The first-order chi connectivity index (χ1) is 15.0. The number of carbonyl (C=O) groups is 3. The van der Waals surface area contributed by atoms with Crippen LogP contribution in [-0.2, 0) is 11.2 Å². The molecule has 0 spiro atoms. The van der Waals surface area contributed by atoms with E-state index in [1.165, 1.54) is 16.9 Å². The lowest BCUT2D eigenvalue weighted by atomic mass is 10.1. The van der Waals surface area contributed by atoms with E-state index in [1.807, 2.05) is 6.92 Å². The molecule has 158 valence electrons.